The molecule has 0 unspecified atom stereocenters. The molecule has 7 heteroatoms. The van der Waals surface area contributed by atoms with Crippen molar-refractivity contribution in [2.24, 2.45) is 0 Å². The number of ether oxygens (including phenoxy) is 1. The summed E-state index contributed by atoms with van der Waals surface area (Å²) in [7, 11) is 1.39. The molecule has 2 rings (SSSR count). The number of aliphatic hydroxyl groups excluding tert-OH is 1. The number of nitro groups is 1. The van der Waals surface area contributed by atoms with Gasteiger partial charge in [-0.25, -0.2) is 0 Å². The number of β-amino-alcohol motifs (C(OH)–C–C–N with tert-alkyl or cyclic N) is 1. The number of rotatable bonds is 3. The highest BCUT2D eigenvalue weighted by Crippen LogP contribution is 2.26. The van der Waals surface area contributed by atoms with Gasteiger partial charge in [0.25, 0.3) is 11.6 Å². The van der Waals surface area contributed by atoms with Gasteiger partial charge in [-0.15, -0.1) is 0 Å². The lowest BCUT2D eigenvalue weighted by molar-refractivity contribution is -0.384. The Morgan fingerprint density at radius 1 is 1.56 bits per heavy atom. The van der Waals surface area contributed by atoms with Crippen molar-refractivity contribution in [3.8, 4) is 5.75 Å². The van der Waals surface area contributed by atoms with E-state index in [4.69, 9.17) is 9.84 Å². The highest BCUT2D eigenvalue weighted by molar-refractivity contribution is 5.98. The Hall–Kier alpha value is -2.15. The molecule has 0 saturated carbocycles. The van der Waals surface area contributed by atoms with E-state index in [1.807, 2.05) is 0 Å². The number of carbonyl (C=O) groups excluding carboxylic acids is 1. The number of hydrogen-bond acceptors (Lipinski definition) is 5. The molecule has 1 aromatic rings. The van der Waals surface area contributed by atoms with E-state index >= 15 is 0 Å². The van der Waals surface area contributed by atoms with Gasteiger partial charge in [0.1, 0.15) is 5.75 Å². The molecule has 0 spiro atoms. The van der Waals surface area contributed by atoms with E-state index in [1.165, 1.54) is 30.2 Å². The number of carbonyl (C=O) groups is 1. The molecule has 1 fully saturated rings. The molecule has 7 nitrogen and oxygen atoms in total. The van der Waals surface area contributed by atoms with E-state index in [-0.39, 0.29) is 36.0 Å². The standard InChI is InChI=1S/C11H12N2O5/c1-18-10-3-2-7(13(16)17)4-9(10)11(15)12-5-8(14)6-12/h2-4,8,14H,5-6H2,1H3. The number of nitrogens with zero attached hydrogens (tertiary/aromatic N) is 2. The minimum absolute atomic E-state index is 0.138. The number of amides is 1. The molecular formula is C11H12N2O5. The van der Waals surface area contributed by atoms with E-state index in [0.717, 1.165) is 0 Å². The monoisotopic (exact) mass is 252 g/mol. The topological polar surface area (TPSA) is 92.9 Å². The van der Waals surface area contributed by atoms with Gasteiger partial charge in [0.15, 0.2) is 0 Å². The van der Waals surface area contributed by atoms with Crippen molar-refractivity contribution in [1.82, 2.24) is 4.90 Å². The van der Waals surface area contributed by atoms with Crippen molar-refractivity contribution in [3.63, 3.8) is 0 Å². The summed E-state index contributed by atoms with van der Waals surface area (Å²) in [6.45, 7) is 0.482. The minimum Gasteiger partial charge on any atom is -0.496 e. The number of methoxy groups -OCH3 is 1. The van der Waals surface area contributed by atoms with Gasteiger partial charge in [-0.1, -0.05) is 0 Å². The summed E-state index contributed by atoms with van der Waals surface area (Å²) in [5.74, 6) is -0.0900. The van der Waals surface area contributed by atoms with E-state index < -0.39 is 11.0 Å². The van der Waals surface area contributed by atoms with Crippen molar-refractivity contribution < 1.29 is 19.6 Å². The molecule has 1 aromatic carbocycles. The van der Waals surface area contributed by atoms with Crippen molar-refractivity contribution in [3.05, 3.63) is 33.9 Å². The molecule has 1 saturated heterocycles. The van der Waals surface area contributed by atoms with Gasteiger partial charge in [-0.3, -0.25) is 14.9 Å². The maximum atomic E-state index is 12.0. The van der Waals surface area contributed by atoms with Crippen LogP contribution in [-0.4, -0.2) is 47.1 Å². The van der Waals surface area contributed by atoms with Crippen LogP contribution in [0.1, 0.15) is 10.4 Å². The van der Waals surface area contributed by atoms with E-state index in [1.54, 1.807) is 0 Å². The molecule has 1 aliphatic rings. The normalized spacial score (nSPS) is 15.1. The molecule has 0 atom stereocenters. The van der Waals surface area contributed by atoms with Crippen LogP contribution in [0, 0.1) is 10.1 Å². The summed E-state index contributed by atoms with van der Waals surface area (Å²) in [4.78, 5) is 23.6. The zero-order valence-electron chi connectivity index (χ0n) is 9.70. The van der Waals surface area contributed by atoms with Crippen LogP contribution in [-0.2, 0) is 0 Å². The molecule has 0 bridgehead atoms. The van der Waals surface area contributed by atoms with Crippen LogP contribution in [0.5, 0.6) is 5.75 Å². The van der Waals surface area contributed by atoms with Gasteiger partial charge in [-0.2, -0.15) is 0 Å². The lowest BCUT2D eigenvalue weighted by Gasteiger charge is -2.36. The second-order valence-corrected chi connectivity index (χ2v) is 4.01. The van der Waals surface area contributed by atoms with Crippen molar-refractivity contribution in [1.29, 1.82) is 0 Å². The summed E-state index contributed by atoms with van der Waals surface area (Å²) in [5.41, 5.74) is -0.0289. The largest absolute Gasteiger partial charge is 0.496 e. The molecule has 1 N–H and O–H groups in total. The van der Waals surface area contributed by atoms with E-state index in [2.05, 4.69) is 0 Å². The SMILES string of the molecule is COc1ccc([N+](=O)[O-])cc1C(=O)N1CC(O)C1. The smallest absolute Gasteiger partial charge is 0.270 e. The Kier molecular flexibility index (Phi) is 3.15. The first-order valence-corrected chi connectivity index (χ1v) is 5.32. The summed E-state index contributed by atoms with van der Waals surface area (Å²) in [6, 6.07) is 3.86. The Balaban J connectivity index is 2.32. The number of hydrogen-bond donors (Lipinski definition) is 1. The maximum absolute atomic E-state index is 12.0. The van der Waals surface area contributed by atoms with E-state index in [9.17, 15) is 14.9 Å². The molecule has 1 heterocycles. The Morgan fingerprint density at radius 2 is 2.22 bits per heavy atom. The van der Waals surface area contributed by atoms with Crippen molar-refractivity contribution in [2.75, 3.05) is 20.2 Å². The maximum Gasteiger partial charge on any atom is 0.270 e. The molecule has 1 amide bonds. The summed E-state index contributed by atoms with van der Waals surface area (Å²) < 4.78 is 5.01. The van der Waals surface area contributed by atoms with Crippen molar-refractivity contribution in [2.45, 2.75) is 6.10 Å². The zero-order chi connectivity index (χ0) is 13.3. The lowest BCUT2D eigenvalue weighted by Crippen LogP contribution is -2.53. The molecular weight excluding hydrogens is 240 g/mol. The third-order valence-corrected chi connectivity index (χ3v) is 2.77. The fourth-order valence-corrected chi connectivity index (χ4v) is 1.77. The Bertz CT molecular complexity index is 496. The third kappa shape index (κ3) is 2.12. The lowest BCUT2D eigenvalue weighted by atomic mass is 10.1. The molecule has 96 valence electrons. The van der Waals surface area contributed by atoms with Gasteiger partial charge in [0.05, 0.1) is 23.7 Å². The van der Waals surface area contributed by atoms with Crippen molar-refractivity contribution >= 4 is 11.6 Å². The average molecular weight is 252 g/mol. The zero-order valence-corrected chi connectivity index (χ0v) is 9.70. The third-order valence-electron chi connectivity index (χ3n) is 2.77. The van der Waals surface area contributed by atoms with Crippen LogP contribution in [0.4, 0.5) is 5.69 Å². The summed E-state index contributed by atoms with van der Waals surface area (Å²) in [5, 5.41) is 19.8. The Labute approximate surface area is 103 Å². The first kappa shape index (κ1) is 12.3. The van der Waals surface area contributed by atoms with Gasteiger partial charge in [0.2, 0.25) is 0 Å². The van der Waals surface area contributed by atoms with Crippen LogP contribution < -0.4 is 4.74 Å². The highest BCUT2D eigenvalue weighted by Gasteiger charge is 2.31. The molecule has 0 radical (unpaired) electrons. The number of benzene rings is 1. The van der Waals surface area contributed by atoms with Gasteiger partial charge in [0, 0.05) is 25.2 Å². The van der Waals surface area contributed by atoms with Crippen LogP contribution in [0.15, 0.2) is 18.2 Å². The number of nitro benzene ring substituents is 1. The second kappa shape index (κ2) is 4.61. The van der Waals surface area contributed by atoms with Crippen LogP contribution in [0.25, 0.3) is 0 Å². The summed E-state index contributed by atoms with van der Waals surface area (Å²) >= 11 is 0. The molecule has 0 aromatic heterocycles. The molecule has 0 aliphatic carbocycles. The summed E-state index contributed by atoms with van der Waals surface area (Å²) in [6.07, 6.45) is -0.515. The Morgan fingerprint density at radius 3 is 2.72 bits per heavy atom. The first-order valence-electron chi connectivity index (χ1n) is 5.32. The number of aliphatic hydroxyl groups is 1. The predicted octanol–water partition coefficient (Wildman–Crippen LogP) is 0.420. The fraction of sp³-hybridized carbons (Fsp3) is 0.364. The number of likely N-dealkylation sites (tertiary alicyclic amines) is 1. The van der Waals surface area contributed by atoms with Gasteiger partial charge in [-0.05, 0) is 6.07 Å². The van der Waals surface area contributed by atoms with Crippen LogP contribution >= 0.6 is 0 Å². The quantitative estimate of drug-likeness (QED) is 0.621. The number of non-ortho nitro benzene ring substituents is 1. The minimum atomic E-state index is -0.568. The molecule has 18 heavy (non-hydrogen) atoms. The highest BCUT2D eigenvalue weighted by atomic mass is 16.6. The van der Waals surface area contributed by atoms with Gasteiger partial charge < -0.3 is 14.7 Å². The van der Waals surface area contributed by atoms with Crippen LogP contribution in [0.3, 0.4) is 0 Å². The van der Waals surface area contributed by atoms with E-state index in [0.29, 0.717) is 0 Å². The fourth-order valence-electron chi connectivity index (χ4n) is 1.77. The van der Waals surface area contributed by atoms with Crippen LogP contribution in [0.2, 0.25) is 0 Å². The predicted molar refractivity (Wildman–Crippen MR) is 61.6 cm³/mol. The van der Waals surface area contributed by atoms with Gasteiger partial charge >= 0.3 is 0 Å². The first-order chi connectivity index (χ1) is 8.52. The second-order valence-electron chi connectivity index (χ2n) is 4.01. The molecule has 1 aliphatic heterocycles. The average Bonchev–Trinajstić information content (AvgIpc) is 2.33.